The van der Waals surface area contributed by atoms with Crippen LogP contribution >= 0.6 is 0 Å². The van der Waals surface area contributed by atoms with Gasteiger partial charge < -0.3 is 13.9 Å². The Bertz CT molecular complexity index is 604. The van der Waals surface area contributed by atoms with E-state index in [1.54, 1.807) is 19.9 Å². The molecule has 1 heterocycles. The summed E-state index contributed by atoms with van der Waals surface area (Å²) < 4.78 is 39.1. The number of fused-ring (bicyclic) bond motifs is 1. The predicted octanol–water partition coefficient (Wildman–Crippen LogP) is 3.52. The summed E-state index contributed by atoms with van der Waals surface area (Å²) in [6.45, 7) is 0.574. The molecular formula is C13H12F2O4. The van der Waals surface area contributed by atoms with Crippen LogP contribution < -0.4 is 4.74 Å². The van der Waals surface area contributed by atoms with Crippen LogP contribution in [-0.2, 0) is 4.74 Å². The minimum absolute atomic E-state index is 0.0723. The van der Waals surface area contributed by atoms with Crippen LogP contribution in [0, 0.1) is 6.92 Å². The topological polar surface area (TPSA) is 48.7 Å². The summed E-state index contributed by atoms with van der Waals surface area (Å²) >= 11 is 0. The number of carbonyl (C=O) groups is 1. The van der Waals surface area contributed by atoms with Crippen molar-refractivity contribution in [1.82, 2.24) is 0 Å². The molecule has 0 fully saturated rings. The summed E-state index contributed by atoms with van der Waals surface area (Å²) in [6.07, 6.45) is 0. The molecule has 2 rings (SSSR count). The van der Waals surface area contributed by atoms with Gasteiger partial charge >= 0.3 is 12.6 Å². The van der Waals surface area contributed by atoms with E-state index < -0.39 is 12.6 Å². The zero-order valence-electron chi connectivity index (χ0n) is 10.4. The third-order valence-electron chi connectivity index (χ3n) is 2.43. The lowest BCUT2D eigenvalue weighted by molar-refractivity contribution is -0.0498. The lowest BCUT2D eigenvalue weighted by Gasteiger charge is -2.07. The highest BCUT2D eigenvalue weighted by molar-refractivity contribution is 6.03. The lowest BCUT2D eigenvalue weighted by Crippen LogP contribution is -2.07. The van der Waals surface area contributed by atoms with Crippen molar-refractivity contribution in [1.29, 1.82) is 0 Å². The van der Waals surface area contributed by atoms with E-state index in [0.29, 0.717) is 16.7 Å². The van der Waals surface area contributed by atoms with Crippen LogP contribution in [0.4, 0.5) is 8.78 Å². The molecule has 0 unspecified atom stereocenters. The fourth-order valence-corrected chi connectivity index (χ4v) is 1.79. The fraction of sp³-hybridized carbons (Fsp3) is 0.308. The maximum atomic E-state index is 12.2. The Kier molecular flexibility index (Phi) is 3.69. The average Bonchev–Trinajstić information content (AvgIpc) is 2.67. The number of hydrogen-bond donors (Lipinski definition) is 0. The van der Waals surface area contributed by atoms with Crippen molar-refractivity contribution in [2.24, 2.45) is 0 Å². The lowest BCUT2D eigenvalue weighted by atomic mass is 10.1. The molecule has 1 aromatic heterocycles. The van der Waals surface area contributed by atoms with E-state index in [1.807, 2.05) is 0 Å². The molecule has 4 nitrogen and oxygen atoms in total. The van der Waals surface area contributed by atoms with Gasteiger partial charge in [0.2, 0.25) is 0 Å². The van der Waals surface area contributed by atoms with Crippen molar-refractivity contribution >= 4 is 16.9 Å². The molecule has 0 N–H and O–H groups in total. The molecule has 0 bridgehead atoms. The fourth-order valence-electron chi connectivity index (χ4n) is 1.79. The zero-order valence-corrected chi connectivity index (χ0v) is 10.4. The van der Waals surface area contributed by atoms with Crippen LogP contribution in [-0.4, -0.2) is 19.2 Å². The molecule has 2 aromatic rings. The Morgan fingerprint density at radius 2 is 2.11 bits per heavy atom. The first-order chi connectivity index (χ1) is 9.01. The molecule has 0 atom stereocenters. The highest BCUT2D eigenvalue weighted by Gasteiger charge is 2.18. The van der Waals surface area contributed by atoms with E-state index in [1.165, 1.54) is 12.1 Å². The van der Waals surface area contributed by atoms with Gasteiger partial charge in [-0.2, -0.15) is 8.78 Å². The Labute approximate surface area is 107 Å². The number of halogens is 2. The number of carbonyl (C=O) groups excluding carboxylic acids is 1. The Hall–Kier alpha value is -2.11. The van der Waals surface area contributed by atoms with Crippen molar-refractivity contribution in [2.75, 3.05) is 6.61 Å². The third kappa shape index (κ3) is 2.83. The van der Waals surface area contributed by atoms with Crippen LogP contribution in [0.25, 0.3) is 11.0 Å². The normalized spacial score (nSPS) is 11.0. The second-order valence-corrected chi connectivity index (χ2v) is 3.85. The molecule has 0 aliphatic heterocycles. The molecule has 0 saturated carbocycles. The summed E-state index contributed by atoms with van der Waals surface area (Å²) in [5.74, 6) is -0.178. The average molecular weight is 270 g/mol. The van der Waals surface area contributed by atoms with Crippen LogP contribution in [0.2, 0.25) is 0 Å². The first-order valence-electron chi connectivity index (χ1n) is 5.67. The van der Waals surface area contributed by atoms with Gasteiger partial charge in [-0.25, -0.2) is 4.79 Å². The molecule has 0 radical (unpaired) electrons. The van der Waals surface area contributed by atoms with Gasteiger partial charge in [0.25, 0.3) is 0 Å². The van der Waals surface area contributed by atoms with Gasteiger partial charge in [-0.3, -0.25) is 0 Å². The standard InChI is InChI=1S/C13H12F2O4/c1-3-17-12(16)10-6-9(19-13(14)15)5-8-4-7(2)18-11(8)10/h4-6,13H,3H2,1-2H3. The molecule has 0 aliphatic carbocycles. The molecule has 102 valence electrons. The second-order valence-electron chi connectivity index (χ2n) is 3.85. The van der Waals surface area contributed by atoms with E-state index in [0.717, 1.165) is 0 Å². The van der Waals surface area contributed by atoms with E-state index in [4.69, 9.17) is 9.15 Å². The monoisotopic (exact) mass is 270 g/mol. The SMILES string of the molecule is CCOC(=O)c1cc(OC(F)F)cc2cc(C)oc12. The Morgan fingerprint density at radius 3 is 2.74 bits per heavy atom. The zero-order chi connectivity index (χ0) is 14.0. The first-order valence-corrected chi connectivity index (χ1v) is 5.67. The molecule has 1 aromatic carbocycles. The highest BCUT2D eigenvalue weighted by atomic mass is 19.3. The van der Waals surface area contributed by atoms with Crippen molar-refractivity contribution in [3.8, 4) is 5.75 Å². The molecule has 6 heteroatoms. The van der Waals surface area contributed by atoms with Gasteiger partial charge in [0, 0.05) is 5.39 Å². The van der Waals surface area contributed by atoms with Gasteiger partial charge in [-0.15, -0.1) is 0 Å². The predicted molar refractivity (Wildman–Crippen MR) is 63.5 cm³/mol. The quantitative estimate of drug-likeness (QED) is 0.797. The summed E-state index contributed by atoms with van der Waals surface area (Å²) in [6, 6.07) is 4.21. The van der Waals surface area contributed by atoms with Gasteiger partial charge in [-0.1, -0.05) is 0 Å². The van der Waals surface area contributed by atoms with Gasteiger partial charge in [0.15, 0.2) is 0 Å². The summed E-state index contributed by atoms with van der Waals surface area (Å²) in [5.41, 5.74) is 0.376. The largest absolute Gasteiger partial charge is 0.462 e. The first kappa shape index (κ1) is 13.3. The van der Waals surface area contributed by atoms with Crippen LogP contribution in [0.5, 0.6) is 5.75 Å². The maximum Gasteiger partial charge on any atom is 0.387 e. The molecule has 0 amide bonds. The molecule has 0 spiro atoms. The van der Waals surface area contributed by atoms with Crippen molar-refractivity contribution in [3.63, 3.8) is 0 Å². The summed E-state index contributed by atoms with van der Waals surface area (Å²) in [5, 5.41) is 0.513. The second kappa shape index (κ2) is 5.26. The number of benzene rings is 1. The van der Waals surface area contributed by atoms with E-state index in [9.17, 15) is 13.6 Å². The van der Waals surface area contributed by atoms with Crippen LogP contribution in [0.1, 0.15) is 23.0 Å². The minimum atomic E-state index is -2.96. The highest BCUT2D eigenvalue weighted by Crippen LogP contribution is 2.29. The number of furan rings is 1. The maximum absolute atomic E-state index is 12.2. The van der Waals surface area contributed by atoms with Crippen LogP contribution in [0.3, 0.4) is 0 Å². The van der Waals surface area contributed by atoms with Crippen LogP contribution in [0.15, 0.2) is 22.6 Å². The van der Waals surface area contributed by atoms with Gasteiger partial charge in [-0.05, 0) is 32.0 Å². The van der Waals surface area contributed by atoms with E-state index in [2.05, 4.69) is 4.74 Å². The summed E-state index contributed by atoms with van der Waals surface area (Å²) in [4.78, 5) is 11.8. The van der Waals surface area contributed by atoms with Crippen molar-refractivity contribution < 1.29 is 27.5 Å². The van der Waals surface area contributed by atoms with Crippen molar-refractivity contribution in [2.45, 2.75) is 20.5 Å². The number of ether oxygens (including phenoxy) is 2. The van der Waals surface area contributed by atoms with Crippen molar-refractivity contribution in [3.05, 3.63) is 29.5 Å². The number of rotatable bonds is 4. The summed E-state index contributed by atoms with van der Waals surface area (Å²) in [7, 11) is 0. The molecule has 0 aliphatic rings. The number of esters is 1. The number of alkyl halides is 2. The van der Waals surface area contributed by atoms with E-state index >= 15 is 0 Å². The smallest absolute Gasteiger partial charge is 0.387 e. The van der Waals surface area contributed by atoms with Gasteiger partial charge in [0.1, 0.15) is 22.7 Å². The number of aryl methyl sites for hydroxylation is 1. The van der Waals surface area contributed by atoms with Gasteiger partial charge in [0.05, 0.1) is 6.61 Å². The molecule has 0 saturated heterocycles. The van der Waals surface area contributed by atoms with E-state index in [-0.39, 0.29) is 17.9 Å². The third-order valence-corrected chi connectivity index (χ3v) is 2.43. The minimum Gasteiger partial charge on any atom is -0.462 e. The Balaban J connectivity index is 2.54. The molecule has 19 heavy (non-hydrogen) atoms. The molecular weight excluding hydrogens is 258 g/mol. The Morgan fingerprint density at radius 1 is 1.37 bits per heavy atom. The number of hydrogen-bond acceptors (Lipinski definition) is 4.